The van der Waals surface area contributed by atoms with Crippen LogP contribution in [0.25, 0.3) is 10.2 Å². The van der Waals surface area contributed by atoms with Crippen LogP contribution in [0.5, 0.6) is 0 Å². The highest BCUT2D eigenvalue weighted by Crippen LogP contribution is 2.33. The summed E-state index contributed by atoms with van der Waals surface area (Å²) in [6, 6.07) is 9.86. The van der Waals surface area contributed by atoms with Gasteiger partial charge in [0.15, 0.2) is 0 Å². The van der Waals surface area contributed by atoms with Gasteiger partial charge in [0.25, 0.3) is 5.91 Å². The van der Waals surface area contributed by atoms with Crippen molar-refractivity contribution in [3.63, 3.8) is 0 Å². The summed E-state index contributed by atoms with van der Waals surface area (Å²) in [5, 5.41) is 25.4. The van der Waals surface area contributed by atoms with Crippen LogP contribution >= 0.6 is 11.3 Å². The number of aromatic nitrogens is 2. The summed E-state index contributed by atoms with van der Waals surface area (Å²) in [7, 11) is 0. The van der Waals surface area contributed by atoms with Gasteiger partial charge in [-0.1, -0.05) is 0 Å². The molecular formula is C24H30N6O2S. The minimum absolute atomic E-state index is 0.0517. The lowest BCUT2D eigenvalue weighted by atomic mass is 9.84. The van der Waals surface area contributed by atoms with Crippen LogP contribution in [-0.4, -0.2) is 51.8 Å². The molecule has 33 heavy (non-hydrogen) atoms. The molecule has 0 spiro atoms. The van der Waals surface area contributed by atoms with E-state index in [1.165, 1.54) is 0 Å². The third-order valence-corrected chi connectivity index (χ3v) is 7.42. The van der Waals surface area contributed by atoms with Gasteiger partial charge in [-0.15, -0.1) is 11.3 Å². The summed E-state index contributed by atoms with van der Waals surface area (Å²) in [5.74, 6) is 1.29. The van der Waals surface area contributed by atoms with Gasteiger partial charge in [0.05, 0.1) is 15.8 Å². The summed E-state index contributed by atoms with van der Waals surface area (Å²) >= 11 is 1.62. The topological polar surface area (TPSA) is 111 Å². The largest absolute Gasteiger partial charge is 0.390 e. The van der Waals surface area contributed by atoms with Crippen molar-refractivity contribution in [2.24, 2.45) is 0 Å². The fraction of sp³-hybridized carbons (Fsp3) is 0.458. The van der Waals surface area contributed by atoms with E-state index in [-0.39, 0.29) is 18.0 Å². The van der Waals surface area contributed by atoms with Crippen LogP contribution in [0.1, 0.15) is 49.4 Å². The van der Waals surface area contributed by atoms with Gasteiger partial charge in [0.2, 0.25) is 5.95 Å². The fourth-order valence-corrected chi connectivity index (χ4v) is 5.26. The van der Waals surface area contributed by atoms with Crippen LogP contribution in [0, 0.1) is 0 Å². The molecule has 1 atom stereocenters. The number of amides is 1. The summed E-state index contributed by atoms with van der Waals surface area (Å²) in [4.78, 5) is 21.9. The Hall–Kier alpha value is -2.75. The first-order valence-electron chi connectivity index (χ1n) is 11.6. The van der Waals surface area contributed by atoms with Gasteiger partial charge in [-0.25, -0.2) is 4.98 Å². The molecular weight excluding hydrogens is 436 g/mol. The lowest BCUT2D eigenvalue weighted by molar-refractivity contribution is 0.0196. The predicted octanol–water partition coefficient (Wildman–Crippen LogP) is 3.63. The normalized spacial score (nSPS) is 25.2. The molecule has 5 rings (SSSR count). The quantitative estimate of drug-likeness (QED) is 0.377. The Balaban J connectivity index is 1.28. The fourth-order valence-electron chi connectivity index (χ4n) is 4.48. The van der Waals surface area contributed by atoms with E-state index in [0.29, 0.717) is 11.5 Å². The minimum Gasteiger partial charge on any atom is -0.390 e. The Morgan fingerprint density at radius 3 is 2.64 bits per heavy atom. The average molecular weight is 467 g/mol. The van der Waals surface area contributed by atoms with E-state index in [4.69, 9.17) is 4.98 Å². The van der Waals surface area contributed by atoms with E-state index in [9.17, 15) is 9.90 Å². The number of fused-ring (bicyclic) bond motifs is 1. The number of hydrogen-bond acceptors (Lipinski definition) is 8. The number of carbonyl (C=O) groups excluding carboxylic acids is 1. The molecule has 2 aromatic heterocycles. The molecule has 0 radical (unpaired) electrons. The lowest BCUT2D eigenvalue weighted by Crippen LogP contribution is -2.36. The third kappa shape index (κ3) is 5.26. The molecule has 1 aliphatic carbocycles. The summed E-state index contributed by atoms with van der Waals surface area (Å²) in [5.41, 5.74) is 1.79. The van der Waals surface area contributed by atoms with Crippen molar-refractivity contribution < 1.29 is 9.90 Å². The highest BCUT2D eigenvalue weighted by Gasteiger charge is 2.29. The monoisotopic (exact) mass is 466 g/mol. The second-order valence-corrected chi connectivity index (χ2v) is 10.2. The van der Waals surface area contributed by atoms with Crippen LogP contribution < -0.4 is 21.3 Å². The van der Waals surface area contributed by atoms with Gasteiger partial charge in [-0.3, -0.25) is 4.79 Å². The molecule has 2 fully saturated rings. The maximum absolute atomic E-state index is 12.5. The second kappa shape index (κ2) is 9.24. The van der Waals surface area contributed by atoms with Gasteiger partial charge in [-0.2, -0.15) is 4.98 Å². The molecule has 8 nitrogen and oxygen atoms in total. The minimum atomic E-state index is -0.564. The predicted molar refractivity (Wildman–Crippen MR) is 132 cm³/mol. The molecule has 1 saturated carbocycles. The molecule has 2 aliphatic rings. The summed E-state index contributed by atoms with van der Waals surface area (Å²) in [6.45, 7) is 3.68. The molecule has 3 aromatic rings. The van der Waals surface area contributed by atoms with E-state index in [2.05, 4.69) is 26.3 Å². The van der Waals surface area contributed by atoms with Crippen molar-refractivity contribution in [1.29, 1.82) is 0 Å². The molecule has 1 aliphatic heterocycles. The molecule has 3 heterocycles. The van der Waals surface area contributed by atoms with Crippen LogP contribution in [0.3, 0.4) is 0 Å². The second-order valence-electron chi connectivity index (χ2n) is 9.31. The maximum Gasteiger partial charge on any atom is 0.251 e. The molecule has 1 unspecified atom stereocenters. The van der Waals surface area contributed by atoms with E-state index >= 15 is 0 Å². The van der Waals surface area contributed by atoms with Crippen molar-refractivity contribution in [2.45, 2.75) is 56.7 Å². The zero-order chi connectivity index (χ0) is 22.8. The smallest absolute Gasteiger partial charge is 0.251 e. The van der Waals surface area contributed by atoms with E-state index < -0.39 is 5.60 Å². The van der Waals surface area contributed by atoms with Gasteiger partial charge in [0.1, 0.15) is 5.82 Å². The highest BCUT2D eigenvalue weighted by molar-refractivity contribution is 7.17. The zero-order valence-electron chi connectivity index (χ0n) is 18.7. The first-order valence-corrected chi connectivity index (χ1v) is 12.5. The number of aliphatic hydroxyl groups is 1. The molecule has 9 heteroatoms. The molecule has 1 amide bonds. The number of hydrogen-bond donors (Lipinski definition) is 5. The van der Waals surface area contributed by atoms with Crippen molar-refractivity contribution in [3.8, 4) is 0 Å². The van der Waals surface area contributed by atoms with Crippen LogP contribution in [-0.2, 0) is 0 Å². The Bertz CT molecular complexity index is 1110. The van der Waals surface area contributed by atoms with Gasteiger partial charge in [0, 0.05) is 29.9 Å². The Labute approximate surface area is 197 Å². The van der Waals surface area contributed by atoms with Crippen molar-refractivity contribution in [1.82, 2.24) is 20.6 Å². The highest BCUT2D eigenvalue weighted by atomic mass is 32.1. The molecule has 5 N–H and O–H groups in total. The molecule has 1 saturated heterocycles. The van der Waals surface area contributed by atoms with E-state index in [1.54, 1.807) is 11.3 Å². The maximum atomic E-state index is 12.5. The average Bonchev–Trinajstić information content (AvgIpc) is 3.48. The van der Waals surface area contributed by atoms with E-state index in [0.717, 1.165) is 66.9 Å². The standard InChI is InChI=1S/C24H30N6O2S/c1-24(32)10-6-17(7-11-24)26-21-20-19(9-13-33-20)29-23(30-21)28-16-4-2-15(3-5-16)22(31)27-18-8-12-25-14-18/h2-5,9,13,17-18,25,32H,6-8,10-12,14H2,1H3,(H,27,31)(H2,26,28,29,30). The number of nitrogens with one attached hydrogen (secondary N) is 4. The number of rotatable bonds is 6. The first kappa shape index (κ1) is 22.1. The number of benzene rings is 1. The first-order chi connectivity index (χ1) is 15.9. The summed E-state index contributed by atoms with van der Waals surface area (Å²) in [6.07, 6.45) is 4.35. The van der Waals surface area contributed by atoms with Crippen LogP contribution in [0.2, 0.25) is 0 Å². The lowest BCUT2D eigenvalue weighted by Gasteiger charge is -2.33. The van der Waals surface area contributed by atoms with Crippen LogP contribution in [0.15, 0.2) is 35.7 Å². The Morgan fingerprint density at radius 1 is 1.12 bits per heavy atom. The zero-order valence-corrected chi connectivity index (χ0v) is 19.5. The van der Waals surface area contributed by atoms with E-state index in [1.807, 2.05) is 42.6 Å². The van der Waals surface area contributed by atoms with Gasteiger partial charge in [-0.05, 0) is 81.3 Å². The summed E-state index contributed by atoms with van der Waals surface area (Å²) < 4.78 is 1.03. The number of anilines is 3. The van der Waals surface area contributed by atoms with Crippen molar-refractivity contribution in [3.05, 3.63) is 41.3 Å². The Kier molecular flexibility index (Phi) is 6.18. The third-order valence-electron chi connectivity index (χ3n) is 6.51. The SMILES string of the molecule is CC1(O)CCC(Nc2nc(Nc3ccc(C(=O)NC4CCNC4)cc3)nc3ccsc23)CC1. The van der Waals surface area contributed by atoms with Crippen LogP contribution in [0.4, 0.5) is 17.5 Å². The molecule has 0 bridgehead atoms. The van der Waals surface area contributed by atoms with Gasteiger partial charge >= 0.3 is 0 Å². The number of carbonyl (C=O) groups is 1. The van der Waals surface area contributed by atoms with Crippen molar-refractivity contribution >= 4 is 44.9 Å². The van der Waals surface area contributed by atoms with Gasteiger partial charge < -0.3 is 26.4 Å². The number of nitrogens with zero attached hydrogens (tertiary/aromatic N) is 2. The van der Waals surface area contributed by atoms with Crippen molar-refractivity contribution in [2.75, 3.05) is 23.7 Å². The molecule has 1 aromatic carbocycles. The molecule has 174 valence electrons. The number of thiophene rings is 1. The Morgan fingerprint density at radius 2 is 1.91 bits per heavy atom.